The molecule has 160 valence electrons. The molecule has 1 amide bonds. The minimum absolute atomic E-state index is 0.0936. The number of anilines is 2. The zero-order valence-corrected chi connectivity index (χ0v) is 16.6. The molecule has 10 heteroatoms. The second kappa shape index (κ2) is 7.75. The summed E-state index contributed by atoms with van der Waals surface area (Å²) >= 11 is 0. The molecular formula is C20H21F3N4O3. The zero-order chi connectivity index (χ0) is 21.6. The SMILES string of the molecule is C[C@H]1Cc2c(ccc(F)c2F)N1C(=O)Cc1nc(N2CCOCC2)c(F)c(=O)n1C. The largest absolute Gasteiger partial charge is 0.378 e. The number of nitrogens with zero attached hydrogens (tertiary/aromatic N) is 4. The maximum Gasteiger partial charge on any atom is 0.291 e. The fourth-order valence-electron chi connectivity index (χ4n) is 3.98. The Kier molecular flexibility index (Phi) is 5.27. The van der Waals surface area contributed by atoms with Crippen molar-refractivity contribution in [3.05, 3.63) is 51.3 Å². The lowest BCUT2D eigenvalue weighted by Gasteiger charge is -2.28. The van der Waals surface area contributed by atoms with Crippen molar-refractivity contribution in [3.8, 4) is 0 Å². The van der Waals surface area contributed by atoms with Gasteiger partial charge in [-0.25, -0.2) is 13.8 Å². The van der Waals surface area contributed by atoms with E-state index in [4.69, 9.17) is 4.74 Å². The van der Waals surface area contributed by atoms with Crippen LogP contribution in [0, 0.1) is 17.5 Å². The monoisotopic (exact) mass is 422 g/mol. The fraction of sp³-hybridized carbons (Fsp3) is 0.450. The Morgan fingerprint density at radius 3 is 2.60 bits per heavy atom. The van der Waals surface area contributed by atoms with Gasteiger partial charge in [0, 0.05) is 31.7 Å². The number of hydrogen-bond donors (Lipinski definition) is 0. The predicted molar refractivity (Wildman–Crippen MR) is 103 cm³/mol. The van der Waals surface area contributed by atoms with Gasteiger partial charge in [0.25, 0.3) is 5.56 Å². The van der Waals surface area contributed by atoms with Gasteiger partial charge in [-0.1, -0.05) is 0 Å². The van der Waals surface area contributed by atoms with Crippen LogP contribution in [-0.4, -0.2) is 47.8 Å². The summed E-state index contributed by atoms with van der Waals surface area (Å²) in [4.78, 5) is 32.7. The van der Waals surface area contributed by atoms with Crippen LogP contribution in [0.1, 0.15) is 18.3 Å². The van der Waals surface area contributed by atoms with Crippen molar-refractivity contribution in [2.24, 2.45) is 7.05 Å². The van der Waals surface area contributed by atoms with E-state index in [2.05, 4.69) is 4.98 Å². The fourth-order valence-corrected chi connectivity index (χ4v) is 3.98. The molecule has 0 radical (unpaired) electrons. The van der Waals surface area contributed by atoms with E-state index in [1.165, 1.54) is 18.0 Å². The lowest BCUT2D eigenvalue weighted by molar-refractivity contribution is -0.118. The zero-order valence-electron chi connectivity index (χ0n) is 16.6. The second-order valence-electron chi connectivity index (χ2n) is 7.48. The van der Waals surface area contributed by atoms with Crippen LogP contribution in [0.5, 0.6) is 0 Å². The van der Waals surface area contributed by atoms with E-state index >= 15 is 0 Å². The van der Waals surface area contributed by atoms with Crippen LogP contribution in [0.25, 0.3) is 0 Å². The number of amides is 1. The number of benzene rings is 1. The molecule has 1 fully saturated rings. The van der Waals surface area contributed by atoms with E-state index in [0.29, 0.717) is 32.0 Å². The van der Waals surface area contributed by atoms with Crippen LogP contribution in [0.3, 0.4) is 0 Å². The third-order valence-electron chi connectivity index (χ3n) is 5.57. The standard InChI is InChI=1S/C20H21F3N4O3/c1-11-9-12-14(4-3-13(21)17(12)22)27(11)16(28)10-15-24-19(18(23)20(29)25(15)2)26-5-7-30-8-6-26/h3-4,11H,5-10H2,1-2H3/t11-/m0/s1. The molecule has 7 nitrogen and oxygen atoms in total. The highest BCUT2D eigenvalue weighted by Crippen LogP contribution is 2.35. The number of rotatable bonds is 3. The number of fused-ring (bicyclic) bond motifs is 1. The van der Waals surface area contributed by atoms with Crippen LogP contribution >= 0.6 is 0 Å². The Morgan fingerprint density at radius 1 is 1.20 bits per heavy atom. The van der Waals surface area contributed by atoms with Gasteiger partial charge in [-0.2, -0.15) is 4.39 Å². The minimum atomic E-state index is -0.979. The number of carbonyl (C=O) groups is 1. The van der Waals surface area contributed by atoms with Crippen LogP contribution in [0.2, 0.25) is 0 Å². The molecule has 0 spiro atoms. The van der Waals surface area contributed by atoms with Crippen molar-refractivity contribution in [1.82, 2.24) is 9.55 Å². The summed E-state index contributed by atoms with van der Waals surface area (Å²) in [5, 5.41) is 0. The van der Waals surface area contributed by atoms with Gasteiger partial charge in [0.15, 0.2) is 17.5 Å². The quantitative estimate of drug-likeness (QED) is 0.751. The Labute approximate surface area is 170 Å². The Hall–Kier alpha value is -2.88. The average molecular weight is 422 g/mol. The number of aromatic nitrogens is 2. The van der Waals surface area contributed by atoms with Gasteiger partial charge in [-0.3, -0.25) is 14.2 Å². The summed E-state index contributed by atoms with van der Waals surface area (Å²) in [6.45, 7) is 3.26. The first-order valence-electron chi connectivity index (χ1n) is 9.66. The van der Waals surface area contributed by atoms with Gasteiger partial charge in [-0.15, -0.1) is 0 Å². The van der Waals surface area contributed by atoms with Crippen molar-refractivity contribution >= 4 is 17.4 Å². The predicted octanol–water partition coefficient (Wildman–Crippen LogP) is 1.55. The van der Waals surface area contributed by atoms with E-state index in [1.807, 2.05) is 0 Å². The summed E-state index contributed by atoms with van der Waals surface area (Å²) in [6, 6.07) is 1.96. The van der Waals surface area contributed by atoms with Crippen LogP contribution in [0.15, 0.2) is 16.9 Å². The number of ether oxygens (including phenoxy) is 1. The minimum Gasteiger partial charge on any atom is -0.378 e. The summed E-state index contributed by atoms with van der Waals surface area (Å²) in [5.74, 6) is -3.35. The van der Waals surface area contributed by atoms with E-state index in [-0.39, 0.29) is 36.1 Å². The van der Waals surface area contributed by atoms with E-state index in [9.17, 15) is 22.8 Å². The maximum atomic E-state index is 14.6. The molecule has 0 bridgehead atoms. The highest BCUT2D eigenvalue weighted by molar-refractivity contribution is 5.97. The molecule has 0 N–H and O–H groups in total. The number of morpholine rings is 1. The first-order chi connectivity index (χ1) is 14.3. The van der Waals surface area contributed by atoms with Crippen molar-refractivity contribution in [2.45, 2.75) is 25.8 Å². The molecule has 0 unspecified atom stereocenters. The van der Waals surface area contributed by atoms with Gasteiger partial charge in [-0.05, 0) is 25.5 Å². The van der Waals surface area contributed by atoms with Crippen LogP contribution in [-0.2, 0) is 29.4 Å². The smallest absolute Gasteiger partial charge is 0.291 e. The molecule has 0 aliphatic carbocycles. The molecule has 1 saturated heterocycles. The van der Waals surface area contributed by atoms with Gasteiger partial charge < -0.3 is 14.5 Å². The number of carbonyl (C=O) groups excluding carboxylic acids is 1. The summed E-state index contributed by atoms with van der Waals surface area (Å²) in [7, 11) is 1.35. The molecule has 1 aromatic heterocycles. The van der Waals surface area contributed by atoms with Gasteiger partial charge in [0.05, 0.1) is 25.3 Å². The highest BCUT2D eigenvalue weighted by Gasteiger charge is 2.34. The molecule has 2 aromatic rings. The molecule has 3 heterocycles. The van der Waals surface area contributed by atoms with E-state index in [1.54, 1.807) is 11.8 Å². The molecular weight excluding hydrogens is 401 g/mol. The molecule has 30 heavy (non-hydrogen) atoms. The topological polar surface area (TPSA) is 67.7 Å². The lowest BCUT2D eigenvalue weighted by Crippen LogP contribution is -2.41. The lowest BCUT2D eigenvalue weighted by atomic mass is 10.1. The molecule has 4 rings (SSSR count). The number of halogens is 3. The third-order valence-corrected chi connectivity index (χ3v) is 5.57. The molecule has 2 aliphatic heterocycles. The molecule has 1 atom stereocenters. The van der Waals surface area contributed by atoms with E-state index in [0.717, 1.165) is 10.6 Å². The molecule has 2 aliphatic rings. The van der Waals surface area contributed by atoms with Crippen molar-refractivity contribution in [1.29, 1.82) is 0 Å². The van der Waals surface area contributed by atoms with Crippen LogP contribution in [0.4, 0.5) is 24.7 Å². The normalized spacial score (nSPS) is 18.6. The first-order valence-corrected chi connectivity index (χ1v) is 9.66. The first kappa shape index (κ1) is 20.4. The summed E-state index contributed by atoms with van der Waals surface area (Å²) < 4.78 is 48.5. The van der Waals surface area contributed by atoms with Gasteiger partial charge >= 0.3 is 0 Å². The maximum absolute atomic E-state index is 14.6. The van der Waals surface area contributed by atoms with Gasteiger partial charge in [0.1, 0.15) is 5.82 Å². The summed E-state index contributed by atoms with van der Waals surface area (Å²) in [5.41, 5.74) is -0.435. The molecule has 1 aromatic carbocycles. The van der Waals surface area contributed by atoms with Crippen molar-refractivity contribution in [2.75, 3.05) is 36.1 Å². The average Bonchev–Trinajstić information content (AvgIpc) is 3.08. The van der Waals surface area contributed by atoms with E-state index < -0.39 is 28.9 Å². The van der Waals surface area contributed by atoms with Crippen molar-refractivity contribution < 1.29 is 22.7 Å². The third kappa shape index (κ3) is 3.34. The van der Waals surface area contributed by atoms with Crippen molar-refractivity contribution in [3.63, 3.8) is 0 Å². The van der Waals surface area contributed by atoms with Crippen LogP contribution < -0.4 is 15.4 Å². The Balaban J connectivity index is 1.67. The Bertz CT molecular complexity index is 1070. The highest BCUT2D eigenvalue weighted by atomic mass is 19.2. The molecule has 0 saturated carbocycles. The second-order valence-corrected chi connectivity index (χ2v) is 7.48. The summed E-state index contributed by atoms with van der Waals surface area (Å²) in [6.07, 6.45) is -0.106. The van der Waals surface area contributed by atoms with Gasteiger partial charge in [0.2, 0.25) is 11.7 Å². The Morgan fingerprint density at radius 2 is 1.90 bits per heavy atom. The number of hydrogen-bond acceptors (Lipinski definition) is 5.